The van der Waals surface area contributed by atoms with Gasteiger partial charge in [-0.05, 0) is 24.3 Å². The summed E-state index contributed by atoms with van der Waals surface area (Å²) in [4.78, 5) is 10.3. The lowest BCUT2D eigenvalue weighted by Gasteiger charge is -2.10. The normalized spacial score (nSPS) is 10.1. The molecule has 0 saturated carbocycles. The molecule has 0 spiro atoms. The molecule has 3 N–H and O–H groups in total. The van der Waals surface area contributed by atoms with E-state index in [-0.39, 0.29) is 11.4 Å². The van der Waals surface area contributed by atoms with E-state index in [1.54, 1.807) is 24.3 Å². The number of hydrogen-bond acceptors (Lipinski definition) is 5. The molecule has 0 amide bonds. The van der Waals surface area contributed by atoms with Crippen molar-refractivity contribution in [3.8, 4) is 5.75 Å². The molecular weight excluding hydrogens is 282 g/mol. The van der Waals surface area contributed by atoms with Crippen molar-refractivity contribution in [3.05, 3.63) is 51.5 Å². The maximum absolute atomic E-state index is 10.8. The third kappa shape index (κ3) is 2.92. The van der Waals surface area contributed by atoms with E-state index in [2.05, 4.69) is 5.32 Å². The Kier molecular flexibility index (Phi) is 3.95. The first kappa shape index (κ1) is 14.0. The van der Waals surface area contributed by atoms with Crippen molar-refractivity contribution in [3.63, 3.8) is 0 Å². The van der Waals surface area contributed by atoms with Crippen molar-refractivity contribution < 1.29 is 9.66 Å². The fourth-order valence-corrected chi connectivity index (χ4v) is 1.87. The van der Waals surface area contributed by atoms with Gasteiger partial charge in [-0.25, -0.2) is 0 Å². The van der Waals surface area contributed by atoms with E-state index in [0.29, 0.717) is 22.1 Å². The molecule has 0 atom stereocenters. The van der Waals surface area contributed by atoms with Gasteiger partial charge in [0.15, 0.2) is 5.75 Å². The van der Waals surface area contributed by atoms with Crippen LogP contribution in [-0.4, -0.2) is 12.0 Å². The SMILES string of the molecule is COc1cc(Nc2cc(N)ccc2Cl)ccc1[N+](=O)[O-]. The van der Waals surface area contributed by atoms with Gasteiger partial charge in [0.25, 0.3) is 0 Å². The highest BCUT2D eigenvalue weighted by molar-refractivity contribution is 6.33. The van der Waals surface area contributed by atoms with Crippen molar-refractivity contribution >= 4 is 34.4 Å². The molecule has 104 valence electrons. The number of rotatable bonds is 4. The predicted molar refractivity (Wildman–Crippen MR) is 78.8 cm³/mol. The minimum Gasteiger partial charge on any atom is -0.490 e. The van der Waals surface area contributed by atoms with Crippen molar-refractivity contribution in [2.75, 3.05) is 18.2 Å². The number of nitrogens with one attached hydrogen (secondary N) is 1. The highest BCUT2D eigenvalue weighted by atomic mass is 35.5. The van der Waals surface area contributed by atoms with E-state index in [1.165, 1.54) is 19.2 Å². The lowest BCUT2D eigenvalue weighted by atomic mass is 10.2. The van der Waals surface area contributed by atoms with Gasteiger partial charge in [0.1, 0.15) is 0 Å². The van der Waals surface area contributed by atoms with Crippen LogP contribution in [0.4, 0.5) is 22.7 Å². The summed E-state index contributed by atoms with van der Waals surface area (Å²) in [6.07, 6.45) is 0. The van der Waals surface area contributed by atoms with Crippen LogP contribution in [-0.2, 0) is 0 Å². The van der Waals surface area contributed by atoms with Crippen LogP contribution in [0, 0.1) is 10.1 Å². The number of nitro groups is 1. The van der Waals surface area contributed by atoms with E-state index in [4.69, 9.17) is 22.1 Å². The molecule has 0 aliphatic heterocycles. The Morgan fingerprint density at radius 2 is 2.05 bits per heavy atom. The maximum Gasteiger partial charge on any atom is 0.311 e. The van der Waals surface area contributed by atoms with Crippen molar-refractivity contribution in [2.45, 2.75) is 0 Å². The van der Waals surface area contributed by atoms with Gasteiger partial charge in [0.2, 0.25) is 0 Å². The zero-order valence-corrected chi connectivity index (χ0v) is 11.3. The number of nitro benzene ring substituents is 1. The predicted octanol–water partition coefficient (Wildman–Crippen LogP) is 3.58. The number of methoxy groups -OCH3 is 1. The number of benzene rings is 2. The summed E-state index contributed by atoms with van der Waals surface area (Å²) in [5.74, 6) is 0.167. The Morgan fingerprint density at radius 3 is 2.70 bits per heavy atom. The van der Waals surface area contributed by atoms with Crippen LogP contribution in [0.1, 0.15) is 0 Å². The topological polar surface area (TPSA) is 90.4 Å². The molecule has 0 unspecified atom stereocenters. The first-order valence-corrected chi connectivity index (χ1v) is 6.03. The van der Waals surface area contributed by atoms with E-state index in [1.807, 2.05) is 0 Å². The summed E-state index contributed by atoms with van der Waals surface area (Å²) < 4.78 is 5.00. The number of nitrogens with two attached hydrogens (primary N) is 1. The Hall–Kier alpha value is -2.47. The summed E-state index contributed by atoms with van der Waals surface area (Å²) in [5.41, 5.74) is 7.37. The average molecular weight is 294 g/mol. The zero-order valence-electron chi connectivity index (χ0n) is 10.6. The van der Waals surface area contributed by atoms with Crippen LogP contribution in [0.5, 0.6) is 5.75 Å². The van der Waals surface area contributed by atoms with Crippen LogP contribution in [0.15, 0.2) is 36.4 Å². The fraction of sp³-hybridized carbons (Fsp3) is 0.0769. The van der Waals surface area contributed by atoms with Gasteiger partial charge in [0, 0.05) is 23.5 Å². The second kappa shape index (κ2) is 5.66. The lowest BCUT2D eigenvalue weighted by Crippen LogP contribution is -1.97. The fourth-order valence-electron chi connectivity index (χ4n) is 1.70. The van der Waals surface area contributed by atoms with Gasteiger partial charge < -0.3 is 15.8 Å². The van der Waals surface area contributed by atoms with Gasteiger partial charge in [0.05, 0.1) is 22.7 Å². The van der Waals surface area contributed by atoms with Crippen LogP contribution in [0.3, 0.4) is 0 Å². The van der Waals surface area contributed by atoms with Crippen LogP contribution in [0.2, 0.25) is 5.02 Å². The van der Waals surface area contributed by atoms with Crippen LogP contribution >= 0.6 is 11.6 Å². The quantitative estimate of drug-likeness (QED) is 0.511. The second-order valence-corrected chi connectivity index (χ2v) is 4.42. The van der Waals surface area contributed by atoms with E-state index in [0.717, 1.165) is 0 Å². The number of anilines is 3. The molecule has 0 aliphatic carbocycles. The van der Waals surface area contributed by atoms with Gasteiger partial charge >= 0.3 is 5.69 Å². The lowest BCUT2D eigenvalue weighted by molar-refractivity contribution is -0.385. The summed E-state index contributed by atoms with van der Waals surface area (Å²) in [6.45, 7) is 0. The molecule has 7 heteroatoms. The molecule has 2 aromatic carbocycles. The number of nitrogens with zero attached hydrogens (tertiary/aromatic N) is 1. The molecule has 0 saturated heterocycles. The number of halogens is 1. The van der Waals surface area contributed by atoms with E-state index >= 15 is 0 Å². The largest absolute Gasteiger partial charge is 0.490 e. The standard InChI is InChI=1S/C13H12ClN3O3/c1-20-13-7-9(3-5-12(13)17(18)19)16-11-6-8(15)2-4-10(11)14/h2-7,16H,15H2,1H3. The van der Waals surface area contributed by atoms with Crippen molar-refractivity contribution in [1.29, 1.82) is 0 Å². The molecular formula is C13H12ClN3O3. The summed E-state index contributed by atoms with van der Waals surface area (Å²) in [6, 6.07) is 9.49. The Bertz CT molecular complexity index is 661. The third-order valence-corrected chi connectivity index (χ3v) is 2.98. The monoisotopic (exact) mass is 293 g/mol. The molecule has 2 aromatic rings. The van der Waals surface area contributed by atoms with Gasteiger partial charge in [-0.2, -0.15) is 0 Å². The van der Waals surface area contributed by atoms with Crippen LogP contribution in [0.25, 0.3) is 0 Å². The molecule has 0 bridgehead atoms. The summed E-state index contributed by atoms with van der Waals surface area (Å²) in [7, 11) is 1.37. The smallest absolute Gasteiger partial charge is 0.311 e. The van der Waals surface area contributed by atoms with Gasteiger partial charge in [-0.3, -0.25) is 10.1 Å². The molecule has 2 rings (SSSR count). The first-order valence-electron chi connectivity index (χ1n) is 5.65. The molecule has 0 aromatic heterocycles. The van der Waals surface area contributed by atoms with Gasteiger partial charge in [-0.1, -0.05) is 11.6 Å². The number of hydrogen-bond donors (Lipinski definition) is 2. The Labute approximate surface area is 120 Å². The highest BCUT2D eigenvalue weighted by Gasteiger charge is 2.15. The summed E-state index contributed by atoms with van der Waals surface area (Å²) in [5, 5.41) is 14.4. The average Bonchev–Trinajstić information content (AvgIpc) is 2.42. The Balaban J connectivity index is 2.34. The minimum atomic E-state index is -0.504. The van der Waals surface area contributed by atoms with Crippen LogP contribution < -0.4 is 15.8 Å². The molecule has 0 aliphatic rings. The van der Waals surface area contributed by atoms with Crippen molar-refractivity contribution in [2.24, 2.45) is 0 Å². The first-order chi connectivity index (χ1) is 9.51. The van der Waals surface area contributed by atoms with E-state index in [9.17, 15) is 10.1 Å². The zero-order chi connectivity index (χ0) is 14.7. The number of ether oxygens (including phenoxy) is 1. The molecule has 0 fully saturated rings. The minimum absolute atomic E-state index is 0.100. The molecule has 0 heterocycles. The molecule has 0 radical (unpaired) electrons. The maximum atomic E-state index is 10.8. The number of nitrogen functional groups attached to an aromatic ring is 1. The summed E-state index contributed by atoms with van der Waals surface area (Å²) >= 11 is 6.04. The third-order valence-electron chi connectivity index (χ3n) is 2.65. The van der Waals surface area contributed by atoms with Gasteiger partial charge in [-0.15, -0.1) is 0 Å². The highest BCUT2D eigenvalue weighted by Crippen LogP contribution is 2.33. The second-order valence-electron chi connectivity index (χ2n) is 4.01. The van der Waals surface area contributed by atoms with E-state index < -0.39 is 4.92 Å². The van der Waals surface area contributed by atoms with Crippen molar-refractivity contribution in [1.82, 2.24) is 0 Å². The molecule has 6 nitrogen and oxygen atoms in total. The Morgan fingerprint density at radius 1 is 1.30 bits per heavy atom. The molecule has 20 heavy (non-hydrogen) atoms.